The van der Waals surface area contributed by atoms with Crippen LogP contribution in [0.5, 0.6) is 0 Å². The number of hydrogen-bond acceptors (Lipinski definition) is 4. The third-order valence-corrected chi connectivity index (χ3v) is 2.60. The fourth-order valence-corrected chi connectivity index (χ4v) is 1.80. The second-order valence-electron chi connectivity index (χ2n) is 3.38. The minimum Gasteiger partial charge on any atom is -0.399 e. The first-order chi connectivity index (χ1) is 8.06. The van der Waals surface area contributed by atoms with Crippen LogP contribution in [0.4, 0.5) is 5.69 Å². The lowest BCUT2D eigenvalue weighted by Crippen LogP contribution is -2.34. The van der Waals surface area contributed by atoms with Crippen molar-refractivity contribution in [3.05, 3.63) is 28.2 Å². The maximum atomic E-state index is 11.8. The van der Waals surface area contributed by atoms with Gasteiger partial charge in [0.05, 0.1) is 6.54 Å². The number of amides is 1. The average molecular weight is 303 g/mol. The van der Waals surface area contributed by atoms with Crippen LogP contribution in [0.2, 0.25) is 0 Å². The Morgan fingerprint density at radius 2 is 2.06 bits per heavy atom. The molecule has 0 aliphatic carbocycles. The van der Waals surface area contributed by atoms with Crippen LogP contribution in [0.3, 0.4) is 0 Å². The zero-order valence-corrected chi connectivity index (χ0v) is 11.3. The number of hydrogen-bond donors (Lipinski definition) is 2. The van der Waals surface area contributed by atoms with Crippen LogP contribution in [0, 0.1) is 0 Å². The summed E-state index contributed by atoms with van der Waals surface area (Å²) in [5, 5.41) is 2.69. The predicted molar refractivity (Wildman–Crippen MR) is 68.7 cm³/mol. The Labute approximate surface area is 108 Å². The Morgan fingerprint density at radius 3 is 2.59 bits per heavy atom. The summed E-state index contributed by atoms with van der Waals surface area (Å²) in [6.45, 7) is 0.276. The largest absolute Gasteiger partial charge is 0.399 e. The van der Waals surface area contributed by atoms with Crippen molar-refractivity contribution in [2.24, 2.45) is 0 Å². The maximum absolute atomic E-state index is 11.8. The minimum atomic E-state index is -0.455. The number of benzene rings is 1. The van der Waals surface area contributed by atoms with Crippen LogP contribution in [0.15, 0.2) is 22.7 Å². The Kier molecular flexibility index (Phi) is 5.40. The quantitative estimate of drug-likeness (QED) is 0.636. The monoisotopic (exact) mass is 302 g/mol. The molecule has 3 N–H and O–H groups in total. The Hall–Kier alpha value is -1.11. The molecule has 1 aromatic rings. The second-order valence-corrected chi connectivity index (χ2v) is 4.30. The van der Waals surface area contributed by atoms with E-state index in [1.165, 1.54) is 14.2 Å². The van der Waals surface area contributed by atoms with Crippen molar-refractivity contribution >= 4 is 27.5 Å². The first-order valence-electron chi connectivity index (χ1n) is 4.96. The number of rotatable bonds is 5. The fraction of sp³-hybridized carbons (Fsp3) is 0.364. The van der Waals surface area contributed by atoms with Gasteiger partial charge in [-0.15, -0.1) is 0 Å². The topological polar surface area (TPSA) is 73.6 Å². The molecule has 1 rings (SSSR count). The Morgan fingerprint density at radius 1 is 1.41 bits per heavy atom. The molecule has 0 aromatic heterocycles. The van der Waals surface area contributed by atoms with Gasteiger partial charge in [0.1, 0.15) is 0 Å². The molecule has 0 unspecified atom stereocenters. The number of anilines is 1. The van der Waals surface area contributed by atoms with Gasteiger partial charge >= 0.3 is 0 Å². The molecule has 0 bridgehead atoms. The van der Waals surface area contributed by atoms with Gasteiger partial charge in [0.25, 0.3) is 5.91 Å². The third kappa shape index (κ3) is 4.33. The Bertz CT molecular complexity index is 374. The Balaban J connectivity index is 2.63. The average Bonchev–Trinajstić information content (AvgIpc) is 2.28. The number of methoxy groups -OCH3 is 2. The number of nitrogen functional groups attached to an aromatic ring is 1. The van der Waals surface area contributed by atoms with E-state index in [0.717, 1.165) is 4.47 Å². The summed E-state index contributed by atoms with van der Waals surface area (Å²) in [5.41, 5.74) is 6.66. The molecule has 0 saturated heterocycles. The summed E-state index contributed by atoms with van der Waals surface area (Å²) < 4.78 is 10.7. The van der Waals surface area contributed by atoms with Crippen molar-refractivity contribution in [3.63, 3.8) is 0 Å². The van der Waals surface area contributed by atoms with E-state index >= 15 is 0 Å². The lowest BCUT2D eigenvalue weighted by Gasteiger charge is -2.14. The normalized spacial score (nSPS) is 10.6. The van der Waals surface area contributed by atoms with E-state index in [1.54, 1.807) is 18.2 Å². The minimum absolute atomic E-state index is 0.225. The summed E-state index contributed by atoms with van der Waals surface area (Å²) >= 11 is 3.28. The first kappa shape index (κ1) is 14.0. The summed E-state index contributed by atoms with van der Waals surface area (Å²) in [4.78, 5) is 11.8. The molecule has 94 valence electrons. The molecule has 0 spiro atoms. The first-order valence-corrected chi connectivity index (χ1v) is 5.76. The van der Waals surface area contributed by atoms with Crippen molar-refractivity contribution in [1.29, 1.82) is 0 Å². The molecular weight excluding hydrogens is 288 g/mol. The molecule has 1 amide bonds. The fourth-order valence-electron chi connectivity index (χ4n) is 1.28. The molecule has 0 saturated carbocycles. The highest BCUT2D eigenvalue weighted by Gasteiger charge is 2.10. The number of carbonyl (C=O) groups is 1. The van der Waals surface area contributed by atoms with Gasteiger partial charge in [0, 0.05) is 29.9 Å². The SMILES string of the molecule is COC(CNC(=O)c1cc(N)cc(Br)c1)OC. The zero-order chi connectivity index (χ0) is 12.8. The van der Waals surface area contributed by atoms with Crippen molar-refractivity contribution in [1.82, 2.24) is 5.32 Å². The third-order valence-electron chi connectivity index (χ3n) is 2.14. The highest BCUT2D eigenvalue weighted by Crippen LogP contribution is 2.17. The van der Waals surface area contributed by atoms with Crippen LogP contribution in [0.1, 0.15) is 10.4 Å². The predicted octanol–water partition coefficient (Wildman–Crippen LogP) is 1.38. The molecule has 0 fully saturated rings. The summed E-state index contributed by atoms with van der Waals surface area (Å²) in [5.74, 6) is -0.225. The van der Waals surface area contributed by atoms with Crippen molar-refractivity contribution in [3.8, 4) is 0 Å². The van der Waals surface area contributed by atoms with Gasteiger partial charge in [-0.3, -0.25) is 4.79 Å². The zero-order valence-electron chi connectivity index (χ0n) is 9.70. The lowest BCUT2D eigenvalue weighted by molar-refractivity contribution is -0.0974. The smallest absolute Gasteiger partial charge is 0.251 e. The maximum Gasteiger partial charge on any atom is 0.251 e. The number of nitrogens with two attached hydrogens (primary N) is 1. The molecule has 0 radical (unpaired) electrons. The molecule has 6 heteroatoms. The summed E-state index contributed by atoms with van der Waals surface area (Å²) in [6.07, 6.45) is -0.455. The van der Waals surface area contributed by atoms with Gasteiger partial charge in [-0.05, 0) is 18.2 Å². The highest BCUT2D eigenvalue weighted by atomic mass is 79.9. The van der Waals surface area contributed by atoms with Crippen LogP contribution >= 0.6 is 15.9 Å². The van der Waals surface area contributed by atoms with E-state index in [2.05, 4.69) is 21.2 Å². The highest BCUT2D eigenvalue weighted by molar-refractivity contribution is 9.10. The van der Waals surface area contributed by atoms with Crippen molar-refractivity contribution in [2.75, 3.05) is 26.5 Å². The van der Waals surface area contributed by atoms with E-state index in [-0.39, 0.29) is 12.5 Å². The van der Waals surface area contributed by atoms with E-state index in [1.807, 2.05) is 0 Å². The van der Waals surface area contributed by atoms with Crippen LogP contribution in [0.25, 0.3) is 0 Å². The van der Waals surface area contributed by atoms with Gasteiger partial charge in [-0.1, -0.05) is 15.9 Å². The van der Waals surface area contributed by atoms with Crippen LogP contribution in [-0.2, 0) is 9.47 Å². The van der Waals surface area contributed by atoms with E-state index < -0.39 is 6.29 Å². The number of nitrogens with one attached hydrogen (secondary N) is 1. The van der Waals surface area contributed by atoms with E-state index in [0.29, 0.717) is 11.3 Å². The van der Waals surface area contributed by atoms with Crippen LogP contribution < -0.4 is 11.1 Å². The molecular formula is C11H15BrN2O3. The molecule has 5 nitrogen and oxygen atoms in total. The number of ether oxygens (including phenoxy) is 2. The molecule has 17 heavy (non-hydrogen) atoms. The summed E-state index contributed by atoms with van der Waals surface area (Å²) in [6, 6.07) is 5.03. The standard InChI is InChI=1S/C11H15BrN2O3/c1-16-10(17-2)6-14-11(15)7-3-8(12)5-9(13)4-7/h3-5,10H,6,13H2,1-2H3,(H,14,15). The molecule has 0 atom stereocenters. The molecule has 0 aliphatic rings. The summed E-state index contributed by atoms with van der Waals surface area (Å²) in [7, 11) is 3.02. The van der Waals surface area contributed by atoms with Gasteiger partial charge in [-0.25, -0.2) is 0 Å². The second kappa shape index (κ2) is 6.58. The lowest BCUT2D eigenvalue weighted by atomic mass is 10.2. The number of carbonyl (C=O) groups excluding carboxylic acids is 1. The van der Waals surface area contributed by atoms with Crippen molar-refractivity contribution < 1.29 is 14.3 Å². The molecule has 1 aromatic carbocycles. The van der Waals surface area contributed by atoms with Gasteiger partial charge in [0.15, 0.2) is 6.29 Å². The van der Waals surface area contributed by atoms with Crippen LogP contribution in [-0.4, -0.2) is 33.0 Å². The van der Waals surface area contributed by atoms with Gasteiger partial charge in [0.2, 0.25) is 0 Å². The van der Waals surface area contributed by atoms with Crippen molar-refractivity contribution in [2.45, 2.75) is 6.29 Å². The number of halogens is 1. The van der Waals surface area contributed by atoms with Gasteiger partial charge < -0.3 is 20.5 Å². The molecule has 0 aliphatic heterocycles. The molecule has 0 heterocycles. The van der Waals surface area contributed by atoms with E-state index in [4.69, 9.17) is 15.2 Å². The van der Waals surface area contributed by atoms with E-state index in [9.17, 15) is 4.79 Å². The van der Waals surface area contributed by atoms with Gasteiger partial charge in [-0.2, -0.15) is 0 Å².